The maximum atomic E-state index is 12.0. The number of nitrogen functional groups attached to an aromatic ring is 1. The van der Waals surface area contributed by atoms with Gasteiger partial charge in [0.1, 0.15) is 5.75 Å². The lowest BCUT2D eigenvalue weighted by atomic mass is 10.1. The number of halogens is 3. The molecular weight excluding hydrogens is 233 g/mol. The standard InChI is InChI=1S/C11H9F3N2O/c1-6-4-9(15)8-5-7(17-11(12,13)14)2-3-10(8)16-6/h2-5H,1H3,(H2,15,16). The normalized spacial score (nSPS) is 11.8. The van der Waals surface area contributed by atoms with Crippen LogP contribution < -0.4 is 10.5 Å². The van der Waals surface area contributed by atoms with Crippen LogP contribution in [-0.4, -0.2) is 11.3 Å². The highest BCUT2D eigenvalue weighted by Gasteiger charge is 2.31. The van der Waals surface area contributed by atoms with Gasteiger partial charge in [0.2, 0.25) is 0 Å². The Hall–Kier alpha value is -1.98. The summed E-state index contributed by atoms with van der Waals surface area (Å²) < 4.78 is 39.9. The van der Waals surface area contributed by atoms with E-state index < -0.39 is 6.36 Å². The smallest absolute Gasteiger partial charge is 0.406 e. The van der Waals surface area contributed by atoms with Gasteiger partial charge < -0.3 is 10.5 Å². The summed E-state index contributed by atoms with van der Waals surface area (Å²) in [5.41, 5.74) is 7.33. The summed E-state index contributed by atoms with van der Waals surface area (Å²) in [6, 6.07) is 5.48. The molecule has 0 saturated heterocycles. The average Bonchev–Trinajstić information content (AvgIpc) is 2.16. The zero-order chi connectivity index (χ0) is 12.6. The van der Waals surface area contributed by atoms with Crippen LogP contribution in [0.25, 0.3) is 10.9 Å². The van der Waals surface area contributed by atoms with Crippen LogP contribution in [0.2, 0.25) is 0 Å². The van der Waals surface area contributed by atoms with Gasteiger partial charge in [0.15, 0.2) is 0 Å². The summed E-state index contributed by atoms with van der Waals surface area (Å²) in [7, 11) is 0. The number of ether oxygens (including phenoxy) is 1. The van der Waals surface area contributed by atoms with Gasteiger partial charge in [-0.15, -0.1) is 13.2 Å². The Labute approximate surface area is 95.0 Å². The van der Waals surface area contributed by atoms with Crippen molar-refractivity contribution in [2.24, 2.45) is 0 Å². The monoisotopic (exact) mass is 242 g/mol. The van der Waals surface area contributed by atoms with Crippen molar-refractivity contribution in [2.45, 2.75) is 13.3 Å². The van der Waals surface area contributed by atoms with E-state index in [0.29, 0.717) is 22.3 Å². The predicted octanol–water partition coefficient (Wildman–Crippen LogP) is 3.02. The van der Waals surface area contributed by atoms with Crippen LogP contribution in [0.5, 0.6) is 5.75 Å². The lowest BCUT2D eigenvalue weighted by molar-refractivity contribution is -0.274. The van der Waals surface area contributed by atoms with Gasteiger partial charge >= 0.3 is 6.36 Å². The molecule has 6 heteroatoms. The maximum Gasteiger partial charge on any atom is 0.573 e. The molecule has 17 heavy (non-hydrogen) atoms. The van der Waals surface area contributed by atoms with Gasteiger partial charge in [-0.05, 0) is 31.2 Å². The molecule has 90 valence electrons. The number of rotatable bonds is 1. The minimum Gasteiger partial charge on any atom is -0.406 e. The Kier molecular flexibility index (Phi) is 2.57. The number of aryl methyl sites for hydroxylation is 1. The molecule has 2 rings (SSSR count). The van der Waals surface area contributed by atoms with Gasteiger partial charge in [0, 0.05) is 16.8 Å². The fourth-order valence-electron chi connectivity index (χ4n) is 1.57. The van der Waals surface area contributed by atoms with E-state index in [2.05, 4.69) is 9.72 Å². The molecule has 0 aliphatic rings. The summed E-state index contributed by atoms with van der Waals surface area (Å²) in [4.78, 5) is 4.16. The Morgan fingerprint density at radius 3 is 2.59 bits per heavy atom. The number of anilines is 1. The third-order valence-electron chi connectivity index (χ3n) is 2.17. The van der Waals surface area contributed by atoms with Gasteiger partial charge in [-0.2, -0.15) is 0 Å². The minimum atomic E-state index is -4.71. The summed E-state index contributed by atoms with van der Waals surface area (Å²) in [6.07, 6.45) is -4.71. The first-order valence-electron chi connectivity index (χ1n) is 4.78. The van der Waals surface area contributed by atoms with Crippen molar-refractivity contribution in [3.8, 4) is 5.75 Å². The number of alkyl halides is 3. The zero-order valence-electron chi connectivity index (χ0n) is 8.88. The van der Waals surface area contributed by atoms with Gasteiger partial charge in [-0.3, -0.25) is 4.98 Å². The van der Waals surface area contributed by atoms with Crippen LogP contribution in [0, 0.1) is 6.92 Å². The Balaban J connectivity index is 2.51. The number of pyridine rings is 1. The van der Waals surface area contributed by atoms with Crippen LogP contribution >= 0.6 is 0 Å². The molecule has 1 aromatic heterocycles. The molecule has 0 atom stereocenters. The third kappa shape index (κ3) is 2.58. The quantitative estimate of drug-likeness (QED) is 0.836. The molecular formula is C11H9F3N2O. The largest absolute Gasteiger partial charge is 0.573 e. The van der Waals surface area contributed by atoms with E-state index in [1.54, 1.807) is 13.0 Å². The number of aromatic nitrogens is 1. The van der Waals surface area contributed by atoms with Gasteiger partial charge in [0.05, 0.1) is 5.52 Å². The molecule has 1 aromatic carbocycles. The van der Waals surface area contributed by atoms with E-state index in [1.807, 2.05) is 0 Å². The van der Waals surface area contributed by atoms with E-state index in [4.69, 9.17) is 5.73 Å². The number of fused-ring (bicyclic) bond motifs is 1. The van der Waals surface area contributed by atoms with E-state index in [1.165, 1.54) is 18.2 Å². The van der Waals surface area contributed by atoms with Crippen LogP contribution in [0.15, 0.2) is 24.3 Å². The highest BCUT2D eigenvalue weighted by Crippen LogP contribution is 2.28. The van der Waals surface area contributed by atoms with Gasteiger partial charge in [0.25, 0.3) is 0 Å². The molecule has 0 fully saturated rings. The highest BCUT2D eigenvalue weighted by molar-refractivity contribution is 5.91. The summed E-state index contributed by atoms with van der Waals surface area (Å²) in [5.74, 6) is -0.303. The molecule has 2 aromatic rings. The van der Waals surface area contributed by atoms with Crippen LogP contribution in [0.3, 0.4) is 0 Å². The summed E-state index contributed by atoms with van der Waals surface area (Å²) >= 11 is 0. The first-order chi connectivity index (χ1) is 7.85. The third-order valence-corrected chi connectivity index (χ3v) is 2.17. The van der Waals surface area contributed by atoms with Crippen molar-refractivity contribution in [1.29, 1.82) is 0 Å². The second kappa shape index (κ2) is 3.80. The van der Waals surface area contributed by atoms with Crippen LogP contribution in [0.4, 0.5) is 18.9 Å². The number of benzene rings is 1. The Morgan fingerprint density at radius 1 is 1.24 bits per heavy atom. The fraction of sp³-hybridized carbons (Fsp3) is 0.182. The lowest BCUT2D eigenvalue weighted by Crippen LogP contribution is -2.17. The first-order valence-corrected chi connectivity index (χ1v) is 4.78. The van der Waals surface area contributed by atoms with Crippen molar-refractivity contribution in [3.05, 3.63) is 30.0 Å². The SMILES string of the molecule is Cc1cc(N)c2cc(OC(F)(F)F)ccc2n1. The predicted molar refractivity (Wildman–Crippen MR) is 57.6 cm³/mol. The number of nitrogens with two attached hydrogens (primary N) is 1. The van der Waals surface area contributed by atoms with E-state index in [-0.39, 0.29) is 5.75 Å². The summed E-state index contributed by atoms with van der Waals surface area (Å²) in [5, 5.41) is 0.442. The molecule has 0 radical (unpaired) electrons. The first kappa shape index (κ1) is 11.5. The molecule has 1 heterocycles. The van der Waals surface area contributed by atoms with Crippen molar-refractivity contribution < 1.29 is 17.9 Å². The highest BCUT2D eigenvalue weighted by atomic mass is 19.4. The van der Waals surface area contributed by atoms with Gasteiger partial charge in [-0.25, -0.2) is 0 Å². The number of nitrogens with zero attached hydrogens (tertiary/aromatic N) is 1. The average molecular weight is 242 g/mol. The maximum absolute atomic E-state index is 12.0. The fourth-order valence-corrected chi connectivity index (χ4v) is 1.57. The van der Waals surface area contributed by atoms with Crippen molar-refractivity contribution in [1.82, 2.24) is 4.98 Å². The molecule has 0 spiro atoms. The second-order valence-electron chi connectivity index (χ2n) is 3.58. The zero-order valence-corrected chi connectivity index (χ0v) is 8.88. The van der Waals surface area contributed by atoms with E-state index in [9.17, 15) is 13.2 Å². The minimum absolute atomic E-state index is 0.303. The van der Waals surface area contributed by atoms with Gasteiger partial charge in [-0.1, -0.05) is 0 Å². The number of hydrogen-bond acceptors (Lipinski definition) is 3. The van der Waals surface area contributed by atoms with Crippen molar-refractivity contribution in [3.63, 3.8) is 0 Å². The number of hydrogen-bond donors (Lipinski definition) is 1. The molecule has 0 amide bonds. The molecule has 0 unspecified atom stereocenters. The van der Waals surface area contributed by atoms with Crippen molar-refractivity contribution >= 4 is 16.6 Å². The Bertz CT molecular complexity index is 566. The van der Waals surface area contributed by atoms with Crippen LogP contribution in [-0.2, 0) is 0 Å². The summed E-state index contributed by atoms with van der Waals surface area (Å²) in [6.45, 7) is 1.76. The van der Waals surface area contributed by atoms with E-state index in [0.717, 1.165) is 0 Å². The molecule has 0 aliphatic carbocycles. The molecule has 2 N–H and O–H groups in total. The topological polar surface area (TPSA) is 48.1 Å². The lowest BCUT2D eigenvalue weighted by Gasteiger charge is -2.10. The molecule has 3 nitrogen and oxygen atoms in total. The molecule has 0 bridgehead atoms. The molecule has 0 saturated carbocycles. The Morgan fingerprint density at radius 2 is 1.94 bits per heavy atom. The van der Waals surface area contributed by atoms with E-state index >= 15 is 0 Å². The molecule has 0 aliphatic heterocycles. The van der Waals surface area contributed by atoms with Crippen molar-refractivity contribution in [2.75, 3.05) is 5.73 Å². The second-order valence-corrected chi connectivity index (χ2v) is 3.58. The van der Waals surface area contributed by atoms with Crippen LogP contribution in [0.1, 0.15) is 5.69 Å².